The van der Waals surface area contributed by atoms with Gasteiger partial charge in [-0.25, -0.2) is 4.39 Å². The second kappa shape index (κ2) is 7.95. The number of aliphatic hydroxyl groups is 3. The zero-order chi connectivity index (χ0) is 17.0. The molecule has 23 heavy (non-hydrogen) atoms. The topological polar surface area (TPSA) is 97.6 Å². The first-order valence-electron chi connectivity index (χ1n) is 6.75. The highest BCUT2D eigenvalue weighted by Crippen LogP contribution is 2.24. The van der Waals surface area contributed by atoms with Crippen molar-refractivity contribution in [3.05, 3.63) is 30.1 Å². The minimum absolute atomic E-state index is 0.231. The van der Waals surface area contributed by atoms with Gasteiger partial charge in [0.05, 0.1) is 6.61 Å². The van der Waals surface area contributed by atoms with E-state index in [4.69, 9.17) is 31.2 Å². The number of benzene rings is 1. The maximum absolute atomic E-state index is 12.8. The van der Waals surface area contributed by atoms with Crippen LogP contribution >= 0.6 is 12.2 Å². The number of methoxy groups -OCH3 is 1. The molecule has 1 aliphatic rings. The van der Waals surface area contributed by atoms with E-state index in [-0.39, 0.29) is 11.0 Å². The Morgan fingerprint density at radius 3 is 2.48 bits per heavy atom. The summed E-state index contributed by atoms with van der Waals surface area (Å²) >= 11 is 4.90. The molecule has 1 aliphatic heterocycles. The van der Waals surface area contributed by atoms with Crippen molar-refractivity contribution in [2.75, 3.05) is 13.7 Å². The van der Waals surface area contributed by atoms with E-state index in [0.717, 1.165) is 0 Å². The van der Waals surface area contributed by atoms with Gasteiger partial charge in [0.15, 0.2) is 12.4 Å². The van der Waals surface area contributed by atoms with Gasteiger partial charge < -0.3 is 34.3 Å². The molecule has 5 atom stereocenters. The minimum Gasteiger partial charge on any atom is -0.447 e. The van der Waals surface area contributed by atoms with Gasteiger partial charge in [-0.15, -0.1) is 0 Å². The summed E-state index contributed by atoms with van der Waals surface area (Å²) in [5.41, 5.74) is 0. The van der Waals surface area contributed by atoms with Crippen molar-refractivity contribution >= 4 is 17.5 Å². The Morgan fingerprint density at radius 1 is 1.26 bits per heavy atom. The Kier molecular flexibility index (Phi) is 6.22. The van der Waals surface area contributed by atoms with Crippen LogP contribution in [0, 0.1) is 5.82 Å². The molecule has 1 fully saturated rings. The smallest absolute Gasteiger partial charge is 0.358 e. The Bertz CT molecular complexity index is 510. The zero-order valence-electron chi connectivity index (χ0n) is 12.2. The van der Waals surface area contributed by atoms with Crippen molar-refractivity contribution in [3.63, 3.8) is 0 Å². The van der Waals surface area contributed by atoms with E-state index in [1.807, 2.05) is 0 Å². The van der Waals surface area contributed by atoms with Crippen LogP contribution in [-0.2, 0) is 14.2 Å². The molecule has 0 spiro atoms. The molecule has 1 heterocycles. The van der Waals surface area contributed by atoms with Crippen LogP contribution in [0.3, 0.4) is 0 Å². The maximum Gasteiger partial charge on any atom is 0.358 e. The molecule has 3 N–H and O–H groups in total. The van der Waals surface area contributed by atoms with E-state index in [0.29, 0.717) is 0 Å². The summed E-state index contributed by atoms with van der Waals surface area (Å²) in [5, 5.41) is 29.0. The summed E-state index contributed by atoms with van der Waals surface area (Å²) in [5.74, 6) is -0.206. The standard InChI is InChI=1S/C14H17FO7S/c1-19-13-11(18)12(10(17)9(6-16)21-13)22-14(23)20-8-4-2-7(15)3-5-8/h2-5,9-13,16-18H,6H2,1H3/t9-,10+,11-,12+,13+/m1/s1. The Labute approximate surface area is 137 Å². The molecule has 0 unspecified atom stereocenters. The number of hydrogen-bond acceptors (Lipinski definition) is 8. The van der Waals surface area contributed by atoms with Crippen molar-refractivity contribution in [2.45, 2.75) is 30.7 Å². The Morgan fingerprint density at radius 2 is 1.91 bits per heavy atom. The van der Waals surface area contributed by atoms with Gasteiger partial charge >= 0.3 is 5.24 Å². The molecule has 0 aliphatic carbocycles. The van der Waals surface area contributed by atoms with Crippen LogP contribution in [0.4, 0.5) is 4.39 Å². The third kappa shape index (κ3) is 4.34. The second-order valence-electron chi connectivity index (χ2n) is 4.83. The normalized spacial score (nSPS) is 30.7. The van der Waals surface area contributed by atoms with Crippen molar-refractivity contribution in [3.8, 4) is 5.75 Å². The van der Waals surface area contributed by atoms with Crippen LogP contribution in [0.25, 0.3) is 0 Å². The fourth-order valence-electron chi connectivity index (χ4n) is 2.12. The maximum atomic E-state index is 12.8. The lowest BCUT2D eigenvalue weighted by molar-refractivity contribution is -0.292. The van der Waals surface area contributed by atoms with E-state index in [2.05, 4.69) is 0 Å². The molecule has 0 aromatic heterocycles. The zero-order valence-corrected chi connectivity index (χ0v) is 13.0. The lowest BCUT2D eigenvalue weighted by atomic mass is 9.99. The summed E-state index contributed by atoms with van der Waals surface area (Å²) in [7, 11) is 1.30. The molecule has 7 nitrogen and oxygen atoms in total. The summed E-state index contributed by atoms with van der Waals surface area (Å²) in [6, 6.07) is 5.05. The minimum atomic E-state index is -1.35. The number of hydrogen-bond donors (Lipinski definition) is 3. The highest BCUT2D eigenvalue weighted by Gasteiger charge is 2.46. The van der Waals surface area contributed by atoms with Crippen LogP contribution in [-0.4, -0.2) is 65.0 Å². The second-order valence-corrected chi connectivity index (χ2v) is 5.16. The van der Waals surface area contributed by atoms with Gasteiger partial charge in [-0.1, -0.05) is 0 Å². The van der Waals surface area contributed by atoms with Gasteiger partial charge in [-0.3, -0.25) is 0 Å². The highest BCUT2D eigenvalue weighted by atomic mass is 32.1. The molecule has 2 rings (SSSR count). The number of ether oxygens (including phenoxy) is 4. The molecule has 9 heteroatoms. The summed E-state index contributed by atoms with van der Waals surface area (Å²) in [4.78, 5) is 0. The molecule has 0 bridgehead atoms. The molecule has 0 saturated carbocycles. The third-order valence-electron chi connectivity index (χ3n) is 3.30. The Balaban J connectivity index is 2.03. The van der Waals surface area contributed by atoms with Gasteiger partial charge in [-0.05, 0) is 24.3 Å². The summed E-state index contributed by atoms with van der Waals surface area (Å²) < 4.78 is 33.4. The van der Waals surface area contributed by atoms with Crippen molar-refractivity contribution in [1.82, 2.24) is 0 Å². The SMILES string of the molecule is CO[C@H]1O[C@H](CO)[C@H](O)[C@H](OC(=S)Oc2ccc(F)cc2)[C@H]1O. The van der Waals surface area contributed by atoms with Crippen molar-refractivity contribution in [2.24, 2.45) is 0 Å². The van der Waals surface area contributed by atoms with Crippen LogP contribution in [0.1, 0.15) is 0 Å². The number of rotatable bonds is 4. The highest BCUT2D eigenvalue weighted by molar-refractivity contribution is 7.79. The van der Waals surface area contributed by atoms with E-state index in [9.17, 15) is 19.7 Å². The first kappa shape index (κ1) is 18.0. The monoisotopic (exact) mass is 348 g/mol. The predicted molar refractivity (Wildman–Crippen MR) is 79.3 cm³/mol. The van der Waals surface area contributed by atoms with Gasteiger partial charge in [0.25, 0.3) is 0 Å². The molecular formula is C14H17FO7S. The van der Waals surface area contributed by atoms with Crippen LogP contribution in [0.5, 0.6) is 5.75 Å². The van der Waals surface area contributed by atoms with E-state index >= 15 is 0 Å². The average molecular weight is 348 g/mol. The van der Waals surface area contributed by atoms with E-state index in [1.54, 1.807) is 0 Å². The van der Waals surface area contributed by atoms with Gasteiger partial charge in [0, 0.05) is 19.3 Å². The lowest BCUT2D eigenvalue weighted by Gasteiger charge is -2.40. The molecule has 1 aromatic rings. The number of aliphatic hydroxyl groups excluding tert-OH is 3. The Hall–Kier alpha value is -1.36. The van der Waals surface area contributed by atoms with E-state index < -0.39 is 43.1 Å². The van der Waals surface area contributed by atoms with E-state index in [1.165, 1.54) is 31.4 Å². The van der Waals surface area contributed by atoms with Crippen LogP contribution < -0.4 is 4.74 Å². The van der Waals surface area contributed by atoms with Crippen molar-refractivity contribution < 1.29 is 38.7 Å². The first-order chi connectivity index (χ1) is 11.0. The van der Waals surface area contributed by atoms with Crippen LogP contribution in [0.2, 0.25) is 0 Å². The number of halogens is 1. The van der Waals surface area contributed by atoms with Crippen molar-refractivity contribution in [1.29, 1.82) is 0 Å². The fourth-order valence-corrected chi connectivity index (χ4v) is 2.33. The van der Waals surface area contributed by atoms with Gasteiger partial charge in [-0.2, -0.15) is 0 Å². The molecule has 1 aromatic carbocycles. The molecule has 1 saturated heterocycles. The van der Waals surface area contributed by atoms with Gasteiger partial charge in [0.1, 0.15) is 29.9 Å². The molecule has 128 valence electrons. The predicted octanol–water partition coefficient (Wildman–Crippen LogP) is -0.0400. The molecular weight excluding hydrogens is 331 g/mol. The summed E-state index contributed by atoms with van der Waals surface area (Å²) in [6.07, 6.45) is -6.04. The fraction of sp³-hybridized carbons (Fsp3) is 0.500. The average Bonchev–Trinajstić information content (AvgIpc) is 2.54. The summed E-state index contributed by atoms with van der Waals surface area (Å²) in [6.45, 7) is -0.501. The quantitative estimate of drug-likeness (QED) is 0.652. The lowest BCUT2D eigenvalue weighted by Crippen LogP contribution is -2.60. The molecule has 0 radical (unpaired) electrons. The largest absolute Gasteiger partial charge is 0.447 e. The molecule has 0 amide bonds. The first-order valence-corrected chi connectivity index (χ1v) is 7.16. The third-order valence-corrected chi connectivity index (χ3v) is 3.48. The van der Waals surface area contributed by atoms with Gasteiger partial charge in [0.2, 0.25) is 0 Å². The number of thiocarbonyl (C=S) groups is 1. The van der Waals surface area contributed by atoms with Crippen LogP contribution in [0.15, 0.2) is 24.3 Å².